The van der Waals surface area contributed by atoms with Crippen molar-refractivity contribution >= 4 is 23.3 Å². The number of carbonyl (C=O) groups excluding carboxylic acids is 1. The minimum absolute atomic E-state index is 0.0459. The molecule has 0 atom stereocenters. The van der Waals surface area contributed by atoms with E-state index in [-0.39, 0.29) is 23.0 Å². The van der Waals surface area contributed by atoms with Gasteiger partial charge in [0.2, 0.25) is 0 Å². The van der Waals surface area contributed by atoms with Gasteiger partial charge in [0.1, 0.15) is 12.4 Å². The number of anilines is 1. The van der Waals surface area contributed by atoms with Crippen LogP contribution in [0.2, 0.25) is 5.02 Å². The molecule has 0 aliphatic heterocycles. The zero-order valence-corrected chi connectivity index (χ0v) is 10.7. The van der Waals surface area contributed by atoms with Gasteiger partial charge in [-0.3, -0.25) is 0 Å². The topological polar surface area (TPSA) is 52.3 Å². The molecule has 0 unspecified atom stereocenters. The monoisotopic (exact) mass is 279 g/mol. The van der Waals surface area contributed by atoms with E-state index < -0.39 is 5.97 Å². The standard InChI is InChI=1S/C14H11ClFNO2/c15-13-6-5-11(17)7-12(13)14(18)19-8-9-1-3-10(16)4-2-9/h1-7H,8,17H2. The summed E-state index contributed by atoms with van der Waals surface area (Å²) in [6.45, 7) is 0.0459. The maximum absolute atomic E-state index is 12.7. The molecule has 0 fully saturated rings. The number of ether oxygens (including phenoxy) is 1. The lowest BCUT2D eigenvalue weighted by atomic mass is 10.2. The van der Waals surface area contributed by atoms with Crippen LogP contribution in [-0.2, 0) is 11.3 Å². The summed E-state index contributed by atoms with van der Waals surface area (Å²) in [5.74, 6) is -0.907. The van der Waals surface area contributed by atoms with Crippen LogP contribution >= 0.6 is 11.6 Å². The van der Waals surface area contributed by atoms with Gasteiger partial charge >= 0.3 is 5.97 Å². The predicted molar refractivity (Wildman–Crippen MR) is 71.4 cm³/mol. The predicted octanol–water partition coefficient (Wildman–Crippen LogP) is 3.42. The molecule has 98 valence electrons. The fourth-order valence-corrected chi connectivity index (χ4v) is 1.70. The third-order valence-electron chi connectivity index (χ3n) is 2.49. The van der Waals surface area contributed by atoms with Gasteiger partial charge in [0.05, 0.1) is 10.6 Å². The van der Waals surface area contributed by atoms with Crippen LogP contribution in [0.3, 0.4) is 0 Å². The highest BCUT2D eigenvalue weighted by molar-refractivity contribution is 6.33. The highest BCUT2D eigenvalue weighted by Crippen LogP contribution is 2.20. The Labute approximate surface area is 114 Å². The molecule has 2 N–H and O–H groups in total. The average Bonchev–Trinajstić information content (AvgIpc) is 2.40. The SMILES string of the molecule is Nc1ccc(Cl)c(C(=O)OCc2ccc(F)cc2)c1. The highest BCUT2D eigenvalue weighted by Gasteiger charge is 2.12. The zero-order chi connectivity index (χ0) is 13.8. The van der Waals surface area contributed by atoms with E-state index in [1.165, 1.54) is 24.3 Å². The lowest BCUT2D eigenvalue weighted by molar-refractivity contribution is 0.0473. The Bertz CT molecular complexity index is 599. The van der Waals surface area contributed by atoms with Crippen LogP contribution in [0.15, 0.2) is 42.5 Å². The van der Waals surface area contributed by atoms with Crippen molar-refractivity contribution in [1.82, 2.24) is 0 Å². The van der Waals surface area contributed by atoms with E-state index in [0.29, 0.717) is 11.3 Å². The molecule has 2 aromatic rings. The first-order chi connectivity index (χ1) is 9.06. The number of benzene rings is 2. The fourth-order valence-electron chi connectivity index (χ4n) is 1.51. The number of rotatable bonds is 3. The van der Waals surface area contributed by atoms with Crippen LogP contribution in [0.4, 0.5) is 10.1 Å². The molecular formula is C14H11ClFNO2. The van der Waals surface area contributed by atoms with Gasteiger partial charge in [-0.25, -0.2) is 9.18 Å². The maximum Gasteiger partial charge on any atom is 0.340 e. The molecule has 0 amide bonds. The number of carbonyl (C=O) groups is 1. The van der Waals surface area contributed by atoms with Crippen LogP contribution in [0.5, 0.6) is 0 Å². The Hall–Kier alpha value is -2.07. The molecule has 0 saturated carbocycles. The Kier molecular flexibility index (Phi) is 4.02. The molecule has 5 heteroatoms. The molecule has 0 aliphatic carbocycles. The molecule has 19 heavy (non-hydrogen) atoms. The summed E-state index contributed by atoms with van der Waals surface area (Å²) < 4.78 is 17.8. The maximum atomic E-state index is 12.7. The summed E-state index contributed by atoms with van der Waals surface area (Å²) in [6.07, 6.45) is 0. The van der Waals surface area contributed by atoms with Gasteiger partial charge in [0, 0.05) is 5.69 Å². The Morgan fingerprint density at radius 2 is 1.89 bits per heavy atom. The normalized spacial score (nSPS) is 10.2. The largest absolute Gasteiger partial charge is 0.457 e. The van der Waals surface area contributed by atoms with Gasteiger partial charge in [0.25, 0.3) is 0 Å². The summed E-state index contributed by atoms with van der Waals surface area (Å²) in [5, 5.41) is 0.276. The van der Waals surface area contributed by atoms with E-state index in [1.807, 2.05) is 0 Å². The molecule has 0 spiro atoms. The van der Waals surface area contributed by atoms with Crippen molar-refractivity contribution in [3.8, 4) is 0 Å². The number of halogens is 2. The van der Waals surface area contributed by atoms with Crippen molar-refractivity contribution < 1.29 is 13.9 Å². The molecule has 2 rings (SSSR count). The van der Waals surface area contributed by atoms with Crippen LogP contribution in [0.1, 0.15) is 15.9 Å². The molecule has 0 bridgehead atoms. The summed E-state index contributed by atoms with van der Waals surface area (Å²) in [7, 11) is 0. The molecule has 0 aliphatic rings. The smallest absolute Gasteiger partial charge is 0.340 e. The quantitative estimate of drug-likeness (QED) is 0.692. The van der Waals surface area contributed by atoms with Crippen molar-refractivity contribution in [3.63, 3.8) is 0 Å². The van der Waals surface area contributed by atoms with Crippen molar-refractivity contribution in [1.29, 1.82) is 0 Å². The summed E-state index contributed by atoms with van der Waals surface area (Å²) in [6, 6.07) is 10.3. The Morgan fingerprint density at radius 1 is 1.21 bits per heavy atom. The minimum atomic E-state index is -0.568. The van der Waals surface area contributed by atoms with Crippen molar-refractivity contribution in [3.05, 3.63) is 64.4 Å². The Balaban J connectivity index is 2.05. The van der Waals surface area contributed by atoms with Crippen LogP contribution in [0, 0.1) is 5.82 Å². The van der Waals surface area contributed by atoms with Crippen molar-refractivity contribution in [2.75, 3.05) is 5.73 Å². The van der Waals surface area contributed by atoms with Gasteiger partial charge in [-0.1, -0.05) is 23.7 Å². The van der Waals surface area contributed by atoms with Gasteiger partial charge in [-0.2, -0.15) is 0 Å². The molecule has 0 heterocycles. The second-order valence-electron chi connectivity index (χ2n) is 3.94. The first-order valence-corrected chi connectivity index (χ1v) is 5.90. The van der Waals surface area contributed by atoms with Gasteiger partial charge in [-0.15, -0.1) is 0 Å². The number of nitrogens with two attached hydrogens (primary N) is 1. The van der Waals surface area contributed by atoms with E-state index in [9.17, 15) is 9.18 Å². The van der Waals surface area contributed by atoms with E-state index in [2.05, 4.69) is 0 Å². The second-order valence-corrected chi connectivity index (χ2v) is 4.35. The first-order valence-electron chi connectivity index (χ1n) is 5.53. The van der Waals surface area contributed by atoms with Gasteiger partial charge in [-0.05, 0) is 35.9 Å². The van der Waals surface area contributed by atoms with Gasteiger partial charge in [0.15, 0.2) is 0 Å². The molecule has 0 aromatic heterocycles. The average molecular weight is 280 g/mol. The van der Waals surface area contributed by atoms with E-state index in [1.54, 1.807) is 18.2 Å². The molecule has 0 saturated heterocycles. The molecule has 2 aromatic carbocycles. The lowest BCUT2D eigenvalue weighted by Crippen LogP contribution is -2.06. The number of nitrogen functional groups attached to an aromatic ring is 1. The first kappa shape index (κ1) is 13.4. The summed E-state index contributed by atoms with van der Waals surface area (Å²) >= 11 is 5.89. The van der Waals surface area contributed by atoms with E-state index >= 15 is 0 Å². The highest BCUT2D eigenvalue weighted by atomic mass is 35.5. The minimum Gasteiger partial charge on any atom is -0.457 e. The summed E-state index contributed by atoms with van der Waals surface area (Å²) in [5.41, 5.74) is 6.91. The molecule has 0 radical (unpaired) electrons. The zero-order valence-electron chi connectivity index (χ0n) is 9.90. The Morgan fingerprint density at radius 3 is 2.58 bits per heavy atom. The lowest BCUT2D eigenvalue weighted by Gasteiger charge is -2.07. The molecule has 3 nitrogen and oxygen atoms in total. The van der Waals surface area contributed by atoms with E-state index in [4.69, 9.17) is 22.1 Å². The number of hydrogen-bond acceptors (Lipinski definition) is 3. The second kappa shape index (κ2) is 5.71. The van der Waals surface area contributed by atoms with Crippen molar-refractivity contribution in [2.45, 2.75) is 6.61 Å². The van der Waals surface area contributed by atoms with Crippen LogP contribution in [-0.4, -0.2) is 5.97 Å². The van der Waals surface area contributed by atoms with Crippen LogP contribution < -0.4 is 5.73 Å². The third kappa shape index (κ3) is 3.45. The third-order valence-corrected chi connectivity index (χ3v) is 2.82. The van der Waals surface area contributed by atoms with Gasteiger partial charge < -0.3 is 10.5 Å². The van der Waals surface area contributed by atoms with E-state index in [0.717, 1.165) is 0 Å². The van der Waals surface area contributed by atoms with Crippen LogP contribution in [0.25, 0.3) is 0 Å². The number of esters is 1. The van der Waals surface area contributed by atoms with Crippen molar-refractivity contribution in [2.24, 2.45) is 0 Å². The number of hydrogen-bond donors (Lipinski definition) is 1. The summed E-state index contributed by atoms with van der Waals surface area (Å²) in [4.78, 5) is 11.8. The molecular weight excluding hydrogens is 269 g/mol. The fraction of sp³-hybridized carbons (Fsp3) is 0.0714.